The van der Waals surface area contributed by atoms with E-state index in [-0.39, 0.29) is 23.8 Å². The van der Waals surface area contributed by atoms with Gasteiger partial charge in [0.25, 0.3) is 5.91 Å². The van der Waals surface area contributed by atoms with Gasteiger partial charge in [0.05, 0.1) is 0 Å². The Morgan fingerprint density at radius 3 is 2.25 bits per heavy atom. The van der Waals surface area contributed by atoms with Gasteiger partial charge in [-0.1, -0.05) is 10.3 Å². The highest BCUT2D eigenvalue weighted by Crippen LogP contribution is 1.98. The van der Waals surface area contributed by atoms with Gasteiger partial charge in [-0.3, -0.25) is 4.79 Å². The van der Waals surface area contributed by atoms with Gasteiger partial charge in [0, 0.05) is 0 Å². The van der Waals surface area contributed by atoms with Gasteiger partial charge >= 0.3 is 0 Å². The lowest BCUT2D eigenvalue weighted by atomic mass is 10.3. The summed E-state index contributed by atoms with van der Waals surface area (Å²) in [5.41, 5.74) is 5.08. The van der Waals surface area contributed by atoms with Crippen molar-refractivity contribution in [3.05, 3.63) is 12.7 Å². The third-order valence-corrected chi connectivity index (χ3v) is 1.79. The molecule has 0 unspecified atom stereocenters. The zero-order valence-electron chi connectivity index (χ0n) is 11.8. The van der Waals surface area contributed by atoms with Crippen LogP contribution in [0.25, 0.3) is 0 Å². The molecule has 110 valence electrons. The number of rotatable bonds is 6. The van der Waals surface area contributed by atoms with Gasteiger partial charge < -0.3 is 15.4 Å². The molecule has 20 heavy (non-hydrogen) atoms. The first-order valence-corrected chi connectivity index (χ1v) is 6.04. The Kier molecular flexibility index (Phi) is 5.63. The van der Waals surface area contributed by atoms with Crippen molar-refractivity contribution >= 4 is 17.5 Å². The lowest BCUT2D eigenvalue weighted by molar-refractivity contribution is -0.112. The van der Waals surface area contributed by atoms with Crippen LogP contribution in [0.5, 0.6) is 0 Å². The number of primary amides is 1. The van der Waals surface area contributed by atoms with Crippen LogP contribution in [0.4, 0.5) is 0 Å². The van der Waals surface area contributed by atoms with Gasteiger partial charge in [0.1, 0.15) is 24.9 Å². The van der Waals surface area contributed by atoms with E-state index in [0.717, 1.165) is 0 Å². The monoisotopic (exact) mass is 282 g/mol. The maximum atomic E-state index is 11.5. The largest absolute Gasteiger partial charge is 0.392 e. The van der Waals surface area contributed by atoms with E-state index >= 15 is 0 Å². The van der Waals surface area contributed by atoms with Crippen molar-refractivity contribution in [2.24, 2.45) is 16.0 Å². The quantitative estimate of drug-likeness (QED) is 0.452. The Morgan fingerprint density at radius 2 is 1.80 bits per heavy atom. The molecule has 9 nitrogen and oxygen atoms in total. The van der Waals surface area contributed by atoms with Crippen LogP contribution >= 0.6 is 0 Å². The minimum absolute atomic E-state index is 0.00403. The van der Waals surface area contributed by atoms with Gasteiger partial charge in [0.15, 0.2) is 0 Å². The highest BCUT2D eigenvalue weighted by molar-refractivity contribution is 6.66. The number of hydrogen-bond acceptors (Lipinski definition) is 7. The van der Waals surface area contributed by atoms with Crippen LogP contribution in [0.1, 0.15) is 27.7 Å². The average molecular weight is 282 g/mol. The number of amides is 1. The molecule has 0 aliphatic heterocycles. The van der Waals surface area contributed by atoms with Crippen LogP contribution in [0.3, 0.4) is 0 Å². The maximum absolute atomic E-state index is 11.5. The van der Waals surface area contributed by atoms with Gasteiger partial charge in [-0.2, -0.15) is 9.78 Å². The van der Waals surface area contributed by atoms with Gasteiger partial charge in [-0.25, -0.2) is 4.98 Å². The molecule has 1 rings (SSSR count). The van der Waals surface area contributed by atoms with Gasteiger partial charge in [-0.05, 0) is 27.7 Å². The van der Waals surface area contributed by atoms with Crippen LogP contribution in [0, 0.1) is 0 Å². The summed E-state index contributed by atoms with van der Waals surface area (Å²) in [7, 11) is 0. The fraction of sp³-hybridized carbons (Fsp3) is 0.545. The summed E-state index contributed by atoms with van der Waals surface area (Å²) in [6.45, 7) is 7.10. The zero-order chi connectivity index (χ0) is 15.1. The fourth-order valence-corrected chi connectivity index (χ4v) is 1.02. The molecule has 0 aromatic carbocycles. The third kappa shape index (κ3) is 4.67. The number of carbonyl (C=O) groups excluding carboxylic acids is 1. The van der Waals surface area contributed by atoms with Crippen molar-refractivity contribution in [3.8, 4) is 0 Å². The third-order valence-electron chi connectivity index (χ3n) is 1.79. The lowest BCUT2D eigenvalue weighted by Gasteiger charge is -2.09. The molecule has 0 fully saturated rings. The highest BCUT2D eigenvalue weighted by Gasteiger charge is 2.21. The molecule has 2 N–H and O–H groups in total. The van der Waals surface area contributed by atoms with Crippen molar-refractivity contribution in [1.82, 2.24) is 14.8 Å². The molecular formula is C11H18N6O3. The normalized spacial score (nSPS) is 12.9. The Bertz CT molecular complexity index is 492. The topological polar surface area (TPSA) is 117 Å². The van der Waals surface area contributed by atoms with Gasteiger partial charge in [0.2, 0.25) is 11.5 Å². The molecule has 0 aliphatic rings. The number of aromatic nitrogens is 3. The second-order valence-electron chi connectivity index (χ2n) is 4.37. The Labute approximate surface area is 116 Å². The first kappa shape index (κ1) is 15.6. The van der Waals surface area contributed by atoms with E-state index < -0.39 is 5.91 Å². The fourth-order valence-electron chi connectivity index (χ4n) is 1.02. The molecule has 1 aromatic rings. The minimum atomic E-state index is -0.813. The Balaban J connectivity index is 3.15. The molecule has 0 bridgehead atoms. The second-order valence-corrected chi connectivity index (χ2v) is 4.37. The molecule has 0 spiro atoms. The second kappa shape index (κ2) is 7.22. The molecule has 1 amide bonds. The molecule has 0 radical (unpaired) electrons. The van der Waals surface area contributed by atoms with Crippen molar-refractivity contribution in [2.45, 2.75) is 39.9 Å². The van der Waals surface area contributed by atoms with Crippen LogP contribution in [0.2, 0.25) is 0 Å². The van der Waals surface area contributed by atoms with E-state index in [2.05, 4.69) is 20.4 Å². The average Bonchev–Trinajstić information content (AvgIpc) is 2.85. The Hall–Kier alpha value is -2.45. The molecule has 1 aromatic heterocycles. The predicted octanol–water partition coefficient (Wildman–Crippen LogP) is 0.131. The highest BCUT2D eigenvalue weighted by atomic mass is 16.6. The molecule has 9 heteroatoms. The maximum Gasteiger partial charge on any atom is 0.274 e. The standard InChI is InChI=1S/C11H18N6O3/c1-7(2)19-15-9(10(12)18)11(16-20-8(3)4)17-6-13-5-14-17/h5-8H,1-4H3,(H2,12,18)/b15-9+,16-11-. The number of nitrogens with zero attached hydrogens (tertiary/aromatic N) is 5. The molecule has 0 saturated carbocycles. The number of carbonyl (C=O) groups is 1. The van der Waals surface area contributed by atoms with Crippen LogP contribution < -0.4 is 5.73 Å². The summed E-state index contributed by atoms with van der Waals surface area (Å²) < 4.78 is 1.22. The molecule has 1 heterocycles. The summed E-state index contributed by atoms with van der Waals surface area (Å²) in [6, 6.07) is 0. The van der Waals surface area contributed by atoms with Crippen LogP contribution in [-0.4, -0.2) is 44.4 Å². The van der Waals surface area contributed by atoms with Crippen LogP contribution in [0.15, 0.2) is 23.0 Å². The Morgan fingerprint density at radius 1 is 1.20 bits per heavy atom. The molecule has 0 atom stereocenters. The molecule has 0 aliphatic carbocycles. The zero-order valence-corrected chi connectivity index (χ0v) is 11.8. The predicted molar refractivity (Wildman–Crippen MR) is 71.9 cm³/mol. The van der Waals surface area contributed by atoms with E-state index in [1.807, 2.05) is 0 Å². The van der Waals surface area contributed by atoms with Crippen LogP contribution in [-0.2, 0) is 14.5 Å². The minimum Gasteiger partial charge on any atom is -0.392 e. The summed E-state index contributed by atoms with van der Waals surface area (Å²) in [4.78, 5) is 25.4. The van der Waals surface area contributed by atoms with E-state index in [1.54, 1.807) is 27.7 Å². The lowest BCUT2D eigenvalue weighted by Crippen LogP contribution is -2.36. The molecule has 0 saturated heterocycles. The number of nitrogens with two attached hydrogens (primary N) is 1. The summed E-state index contributed by atoms with van der Waals surface area (Å²) in [5, 5.41) is 11.4. The number of hydrogen-bond donors (Lipinski definition) is 1. The first-order valence-electron chi connectivity index (χ1n) is 6.04. The van der Waals surface area contributed by atoms with E-state index in [1.165, 1.54) is 17.3 Å². The summed E-state index contributed by atoms with van der Waals surface area (Å²) in [5.74, 6) is -0.809. The van der Waals surface area contributed by atoms with Crippen molar-refractivity contribution < 1.29 is 14.5 Å². The van der Waals surface area contributed by atoms with E-state index in [9.17, 15) is 4.79 Å². The van der Waals surface area contributed by atoms with E-state index in [4.69, 9.17) is 15.4 Å². The van der Waals surface area contributed by atoms with Gasteiger partial charge in [-0.15, -0.1) is 0 Å². The summed E-state index contributed by atoms with van der Waals surface area (Å²) in [6.07, 6.45) is 2.23. The van der Waals surface area contributed by atoms with Crippen molar-refractivity contribution in [2.75, 3.05) is 0 Å². The first-order chi connectivity index (χ1) is 9.41. The molecular weight excluding hydrogens is 264 g/mol. The van der Waals surface area contributed by atoms with Crippen molar-refractivity contribution in [3.63, 3.8) is 0 Å². The SMILES string of the molecule is CC(C)O/N=C(C(N)=O)/C(=N/OC(C)C)n1cncn1. The van der Waals surface area contributed by atoms with Crippen molar-refractivity contribution in [1.29, 1.82) is 0 Å². The smallest absolute Gasteiger partial charge is 0.274 e. The number of oxime groups is 2. The summed E-state index contributed by atoms with van der Waals surface area (Å²) >= 11 is 0. The van der Waals surface area contributed by atoms with E-state index in [0.29, 0.717) is 0 Å².